The second-order valence-corrected chi connectivity index (χ2v) is 15.7. The zero-order valence-electron chi connectivity index (χ0n) is 33.3. The van der Waals surface area contributed by atoms with Gasteiger partial charge < -0.3 is 4.90 Å². The molecule has 0 atom stereocenters. The van der Waals surface area contributed by atoms with E-state index in [1.807, 2.05) is 24.3 Å². The predicted octanol–water partition coefficient (Wildman–Crippen LogP) is 14.0. The van der Waals surface area contributed by atoms with Gasteiger partial charge in [-0.3, -0.25) is 0 Å². The molecule has 0 saturated heterocycles. The van der Waals surface area contributed by atoms with Crippen LogP contribution in [0.2, 0.25) is 0 Å². The molecule has 1 spiro atoms. The number of nitrogens with zero attached hydrogens (tertiary/aromatic N) is 1. The summed E-state index contributed by atoms with van der Waals surface area (Å²) in [6.45, 7) is 6.28. The van der Waals surface area contributed by atoms with Crippen LogP contribution in [0, 0.1) is 0 Å². The standard InChI is InChI=1S/C54H41N/c1-4-35-21-23-36(24-22-35)37-25-27-38(28-26-37)55(39-30-32-48-46(33-39)44-16-5-9-17-47(44)53(48,2)3)40-29-31-45-43-15-8-12-20-51(43)54(52(45)34-40)49-18-10-6-13-41(49)42-14-7-11-19-50(42)54/h5-34H,4H2,1-3H3/i4D2. The molecule has 0 N–H and O–H groups in total. The molecule has 1 heteroatoms. The largest absolute Gasteiger partial charge is 0.310 e. The van der Waals surface area contributed by atoms with Crippen molar-refractivity contribution in [2.24, 2.45) is 0 Å². The van der Waals surface area contributed by atoms with Crippen LogP contribution >= 0.6 is 0 Å². The summed E-state index contributed by atoms with van der Waals surface area (Å²) in [4.78, 5) is 2.43. The maximum absolute atomic E-state index is 8.16. The normalized spacial score (nSPS) is 15.3. The van der Waals surface area contributed by atoms with E-state index in [4.69, 9.17) is 2.74 Å². The molecule has 0 aliphatic heterocycles. The fourth-order valence-electron chi connectivity index (χ4n) is 10.1. The van der Waals surface area contributed by atoms with Gasteiger partial charge in [-0.15, -0.1) is 0 Å². The molecular weight excluding hydrogens is 663 g/mol. The number of hydrogen-bond donors (Lipinski definition) is 0. The fraction of sp³-hybridized carbons (Fsp3) is 0.111. The van der Waals surface area contributed by atoms with Crippen LogP contribution in [0.1, 0.15) is 62.5 Å². The Morgan fingerprint density at radius 2 is 0.818 bits per heavy atom. The highest BCUT2D eigenvalue weighted by molar-refractivity contribution is 5.96. The highest BCUT2D eigenvalue weighted by Gasteiger charge is 2.51. The average Bonchev–Trinajstić information content (AvgIpc) is 3.79. The Labute approximate surface area is 327 Å². The second-order valence-electron chi connectivity index (χ2n) is 15.7. The van der Waals surface area contributed by atoms with Crippen LogP contribution in [-0.4, -0.2) is 0 Å². The number of hydrogen-bond acceptors (Lipinski definition) is 1. The van der Waals surface area contributed by atoms with Crippen LogP contribution < -0.4 is 4.90 Å². The summed E-state index contributed by atoms with van der Waals surface area (Å²) in [6.07, 6.45) is -1.38. The van der Waals surface area contributed by atoms with Crippen LogP contribution in [0.4, 0.5) is 17.1 Å². The van der Waals surface area contributed by atoms with Gasteiger partial charge in [0.1, 0.15) is 0 Å². The van der Waals surface area contributed by atoms with Crippen molar-refractivity contribution in [2.45, 2.75) is 38.0 Å². The topological polar surface area (TPSA) is 3.24 Å². The van der Waals surface area contributed by atoms with Crippen LogP contribution in [0.5, 0.6) is 0 Å². The zero-order valence-corrected chi connectivity index (χ0v) is 31.3. The second kappa shape index (κ2) is 11.8. The molecule has 0 radical (unpaired) electrons. The number of benzene rings is 8. The molecule has 8 aromatic carbocycles. The lowest BCUT2D eigenvalue weighted by molar-refractivity contribution is 0.660. The van der Waals surface area contributed by atoms with Crippen molar-refractivity contribution in [3.8, 4) is 44.5 Å². The molecule has 0 heterocycles. The molecule has 8 aromatic rings. The number of rotatable bonds is 5. The summed E-state index contributed by atoms with van der Waals surface area (Å²) in [6, 6.07) is 66.7. The molecule has 55 heavy (non-hydrogen) atoms. The summed E-state index contributed by atoms with van der Waals surface area (Å²) in [5, 5.41) is 0. The molecule has 0 aromatic heterocycles. The van der Waals surface area contributed by atoms with Crippen molar-refractivity contribution in [2.75, 3.05) is 4.90 Å². The third kappa shape index (κ3) is 4.41. The van der Waals surface area contributed by atoms with E-state index >= 15 is 0 Å². The van der Waals surface area contributed by atoms with E-state index in [1.54, 1.807) is 6.92 Å². The molecule has 3 aliphatic rings. The van der Waals surface area contributed by atoms with E-state index in [2.05, 4.69) is 176 Å². The first-order valence-electron chi connectivity index (χ1n) is 20.3. The molecule has 1 nitrogen and oxygen atoms in total. The SMILES string of the molecule is [2H]C([2H])(C)c1ccc(-c2ccc(N(c3ccc4c(c3)-c3ccccc3C4(C)C)c3ccc4c(c3)C3(c5ccccc5-c5ccccc53)c3ccccc3-4)cc2)cc1. The summed E-state index contributed by atoms with van der Waals surface area (Å²) in [5.74, 6) is 0. The van der Waals surface area contributed by atoms with Crippen LogP contribution in [0.15, 0.2) is 182 Å². The van der Waals surface area contributed by atoms with Gasteiger partial charge in [0.2, 0.25) is 0 Å². The van der Waals surface area contributed by atoms with Crippen LogP contribution in [0.3, 0.4) is 0 Å². The molecule has 0 fully saturated rings. The van der Waals surface area contributed by atoms with Crippen molar-refractivity contribution >= 4 is 17.1 Å². The Bertz CT molecular complexity index is 2850. The quantitative estimate of drug-likeness (QED) is 0.172. The highest BCUT2D eigenvalue weighted by Crippen LogP contribution is 2.63. The molecule has 11 rings (SSSR count). The first-order chi connectivity index (χ1) is 27.7. The first kappa shape index (κ1) is 29.9. The summed E-state index contributed by atoms with van der Waals surface area (Å²) in [7, 11) is 0. The summed E-state index contributed by atoms with van der Waals surface area (Å²) < 4.78 is 16.3. The summed E-state index contributed by atoms with van der Waals surface area (Å²) >= 11 is 0. The minimum Gasteiger partial charge on any atom is -0.310 e. The molecule has 0 bridgehead atoms. The first-order valence-corrected chi connectivity index (χ1v) is 19.3. The Morgan fingerprint density at radius 1 is 0.400 bits per heavy atom. The van der Waals surface area contributed by atoms with Crippen molar-refractivity contribution in [3.63, 3.8) is 0 Å². The predicted molar refractivity (Wildman–Crippen MR) is 230 cm³/mol. The number of aryl methyl sites for hydroxylation is 1. The average molecular weight is 706 g/mol. The van der Waals surface area contributed by atoms with Crippen LogP contribution in [-0.2, 0) is 17.2 Å². The van der Waals surface area contributed by atoms with E-state index < -0.39 is 11.8 Å². The maximum Gasteiger partial charge on any atom is 0.0726 e. The lowest BCUT2D eigenvalue weighted by atomic mass is 9.70. The van der Waals surface area contributed by atoms with Gasteiger partial charge in [-0.2, -0.15) is 0 Å². The Balaban J connectivity index is 1.12. The highest BCUT2D eigenvalue weighted by atomic mass is 15.1. The smallest absolute Gasteiger partial charge is 0.0726 e. The van der Waals surface area contributed by atoms with Crippen LogP contribution in [0.25, 0.3) is 44.5 Å². The Morgan fingerprint density at radius 3 is 1.38 bits per heavy atom. The van der Waals surface area contributed by atoms with Crippen molar-refractivity contribution in [1.29, 1.82) is 0 Å². The zero-order chi connectivity index (χ0) is 38.7. The molecule has 262 valence electrons. The number of fused-ring (bicyclic) bond motifs is 13. The van der Waals surface area contributed by atoms with E-state index in [-0.39, 0.29) is 5.41 Å². The molecule has 0 saturated carbocycles. The van der Waals surface area contributed by atoms with Gasteiger partial charge in [0.25, 0.3) is 0 Å². The van der Waals surface area contributed by atoms with Gasteiger partial charge >= 0.3 is 0 Å². The lowest BCUT2D eigenvalue weighted by Crippen LogP contribution is -2.26. The van der Waals surface area contributed by atoms with Gasteiger partial charge in [-0.1, -0.05) is 166 Å². The molecule has 3 aliphatic carbocycles. The lowest BCUT2D eigenvalue weighted by Gasteiger charge is -2.32. The van der Waals surface area contributed by atoms with E-state index in [0.717, 1.165) is 28.2 Å². The van der Waals surface area contributed by atoms with Crippen molar-refractivity contribution < 1.29 is 2.74 Å². The Hall–Kier alpha value is -6.44. The minimum atomic E-state index is -1.38. The molecule has 0 unspecified atom stereocenters. The van der Waals surface area contributed by atoms with Crippen molar-refractivity contribution in [1.82, 2.24) is 0 Å². The van der Waals surface area contributed by atoms with Gasteiger partial charge in [-0.05, 0) is 126 Å². The van der Waals surface area contributed by atoms with Crippen molar-refractivity contribution in [3.05, 3.63) is 221 Å². The van der Waals surface area contributed by atoms with E-state index in [0.29, 0.717) is 5.56 Å². The van der Waals surface area contributed by atoms with E-state index in [9.17, 15) is 0 Å². The maximum atomic E-state index is 8.16. The van der Waals surface area contributed by atoms with Gasteiger partial charge in [-0.25, -0.2) is 0 Å². The van der Waals surface area contributed by atoms with E-state index in [1.165, 1.54) is 66.8 Å². The fourth-order valence-corrected chi connectivity index (χ4v) is 10.1. The monoisotopic (exact) mass is 705 g/mol. The number of anilines is 3. The third-order valence-corrected chi connectivity index (χ3v) is 12.7. The summed E-state index contributed by atoms with van der Waals surface area (Å²) in [5.41, 5.74) is 21.4. The molecule has 0 amide bonds. The van der Waals surface area contributed by atoms with Gasteiger partial charge in [0.15, 0.2) is 0 Å². The Kier molecular flexibility index (Phi) is 6.41. The van der Waals surface area contributed by atoms with Gasteiger partial charge in [0.05, 0.1) is 5.41 Å². The van der Waals surface area contributed by atoms with Gasteiger partial charge in [0, 0.05) is 25.2 Å². The minimum absolute atomic E-state index is 0.0845. The molecular formula is C54H41N. The third-order valence-electron chi connectivity index (χ3n) is 12.7.